The molecule has 5 heteroatoms. The van der Waals surface area contributed by atoms with Crippen LogP contribution in [0, 0.1) is 19.8 Å². The van der Waals surface area contributed by atoms with E-state index in [1.165, 1.54) is 0 Å². The van der Waals surface area contributed by atoms with Gasteiger partial charge in [0.1, 0.15) is 0 Å². The van der Waals surface area contributed by atoms with Crippen LogP contribution in [0.25, 0.3) is 0 Å². The van der Waals surface area contributed by atoms with Crippen LogP contribution < -0.4 is 5.73 Å². The van der Waals surface area contributed by atoms with Crippen molar-refractivity contribution in [2.24, 2.45) is 11.7 Å². The number of hydrogen-bond acceptors (Lipinski definition) is 2. The minimum absolute atomic E-state index is 0.0106. The molecule has 3 nitrogen and oxygen atoms in total. The number of alkyl halides is 2. The predicted octanol–water partition coefficient (Wildman–Crippen LogP) is 2.78. The summed E-state index contributed by atoms with van der Waals surface area (Å²) in [7, 11) is 0. The highest BCUT2D eigenvalue weighted by molar-refractivity contribution is 5.24. The van der Waals surface area contributed by atoms with Gasteiger partial charge in [0.25, 0.3) is 0 Å². The van der Waals surface area contributed by atoms with Gasteiger partial charge in [-0.1, -0.05) is 0 Å². The molecule has 0 bridgehead atoms. The molecule has 102 valence electrons. The molecule has 1 aliphatic carbocycles. The lowest BCUT2D eigenvalue weighted by atomic mass is 9.86. The number of rotatable bonds is 3. The van der Waals surface area contributed by atoms with E-state index in [0.717, 1.165) is 23.4 Å². The maximum absolute atomic E-state index is 13.4. The molecule has 1 aromatic heterocycles. The van der Waals surface area contributed by atoms with Crippen LogP contribution in [0.1, 0.15) is 42.6 Å². The zero-order valence-electron chi connectivity index (χ0n) is 11.0. The summed E-state index contributed by atoms with van der Waals surface area (Å²) in [5.74, 6) is -2.47. The van der Waals surface area contributed by atoms with E-state index in [9.17, 15) is 8.78 Å². The number of hydrogen-bond donors (Lipinski definition) is 1. The number of nitrogens with two attached hydrogens (primary N) is 1. The molecule has 1 fully saturated rings. The average Bonchev–Trinajstić information content (AvgIpc) is 2.52. The van der Waals surface area contributed by atoms with Crippen molar-refractivity contribution >= 4 is 0 Å². The van der Waals surface area contributed by atoms with Crippen molar-refractivity contribution in [2.45, 2.75) is 58.5 Å². The predicted molar refractivity (Wildman–Crippen MR) is 66.5 cm³/mol. The fourth-order valence-electron chi connectivity index (χ4n) is 2.88. The van der Waals surface area contributed by atoms with Crippen LogP contribution in [0.4, 0.5) is 8.78 Å². The second-order valence-corrected chi connectivity index (χ2v) is 5.35. The van der Waals surface area contributed by atoms with Crippen molar-refractivity contribution in [3.63, 3.8) is 0 Å². The molecule has 0 saturated heterocycles. The molecule has 18 heavy (non-hydrogen) atoms. The van der Waals surface area contributed by atoms with E-state index >= 15 is 0 Å². The van der Waals surface area contributed by atoms with Crippen molar-refractivity contribution in [3.8, 4) is 0 Å². The van der Waals surface area contributed by atoms with Crippen LogP contribution >= 0.6 is 0 Å². The second-order valence-electron chi connectivity index (χ2n) is 5.35. The fourth-order valence-corrected chi connectivity index (χ4v) is 2.88. The minimum Gasteiger partial charge on any atom is -0.326 e. The first-order valence-corrected chi connectivity index (χ1v) is 6.54. The Morgan fingerprint density at radius 1 is 1.44 bits per heavy atom. The Morgan fingerprint density at radius 2 is 2.17 bits per heavy atom. The average molecular weight is 257 g/mol. The Hall–Kier alpha value is -0.970. The van der Waals surface area contributed by atoms with Gasteiger partial charge in [0.2, 0.25) is 5.92 Å². The number of aromatic nitrogens is 2. The molecular formula is C13H21F2N3. The van der Waals surface area contributed by atoms with Crippen LogP contribution in [0.3, 0.4) is 0 Å². The number of aryl methyl sites for hydroxylation is 1. The maximum Gasteiger partial charge on any atom is 0.248 e. The molecule has 0 radical (unpaired) electrons. The molecule has 1 aliphatic rings. The molecule has 1 unspecified atom stereocenters. The van der Waals surface area contributed by atoms with E-state index in [1.807, 2.05) is 18.5 Å². The molecular weight excluding hydrogens is 236 g/mol. The van der Waals surface area contributed by atoms with E-state index in [4.69, 9.17) is 5.73 Å². The summed E-state index contributed by atoms with van der Waals surface area (Å²) in [4.78, 5) is 0. The lowest BCUT2D eigenvalue weighted by molar-refractivity contribution is -0.0552. The van der Waals surface area contributed by atoms with Gasteiger partial charge in [-0.3, -0.25) is 4.68 Å². The molecule has 0 spiro atoms. The Morgan fingerprint density at radius 3 is 2.72 bits per heavy atom. The Labute approximate surface area is 106 Å². The summed E-state index contributed by atoms with van der Waals surface area (Å²) in [6, 6.07) is 0. The van der Waals surface area contributed by atoms with Crippen molar-refractivity contribution in [2.75, 3.05) is 0 Å². The molecule has 1 atom stereocenters. The molecule has 1 heterocycles. The normalized spacial score (nSPS) is 23.3. The van der Waals surface area contributed by atoms with Crippen molar-refractivity contribution in [1.29, 1.82) is 0 Å². The standard InChI is InChI=1S/C13H21F2N3/c1-9-12(7-16)10(2)18(17-9)8-11-4-3-5-13(14,15)6-11/h11H,3-8,16H2,1-2H3. The van der Waals surface area contributed by atoms with Gasteiger partial charge in [-0.15, -0.1) is 0 Å². The summed E-state index contributed by atoms with van der Waals surface area (Å²) in [5, 5.41) is 4.41. The topological polar surface area (TPSA) is 43.8 Å². The highest BCUT2D eigenvalue weighted by Crippen LogP contribution is 2.37. The zero-order valence-corrected chi connectivity index (χ0v) is 11.0. The first-order chi connectivity index (χ1) is 8.43. The summed E-state index contributed by atoms with van der Waals surface area (Å²) >= 11 is 0. The van der Waals surface area contributed by atoms with Crippen LogP contribution in [0.5, 0.6) is 0 Å². The van der Waals surface area contributed by atoms with Crippen molar-refractivity contribution in [3.05, 3.63) is 17.0 Å². The highest BCUT2D eigenvalue weighted by Gasteiger charge is 2.36. The first kappa shape index (κ1) is 13.5. The second kappa shape index (κ2) is 4.96. The SMILES string of the molecule is Cc1nn(CC2CCCC(F)(F)C2)c(C)c1CN. The van der Waals surface area contributed by atoms with E-state index in [2.05, 4.69) is 5.10 Å². The van der Waals surface area contributed by atoms with Gasteiger partial charge < -0.3 is 5.73 Å². The minimum atomic E-state index is -2.49. The molecule has 0 aromatic carbocycles. The van der Waals surface area contributed by atoms with Crippen molar-refractivity contribution < 1.29 is 8.78 Å². The molecule has 2 N–H and O–H groups in total. The molecule has 0 aliphatic heterocycles. The summed E-state index contributed by atoms with van der Waals surface area (Å²) in [5.41, 5.74) is 8.64. The fraction of sp³-hybridized carbons (Fsp3) is 0.769. The maximum atomic E-state index is 13.4. The number of halogens is 2. The van der Waals surface area contributed by atoms with Gasteiger partial charge in [0.15, 0.2) is 0 Å². The first-order valence-electron chi connectivity index (χ1n) is 6.54. The van der Waals surface area contributed by atoms with E-state index < -0.39 is 5.92 Å². The Balaban J connectivity index is 2.10. The summed E-state index contributed by atoms with van der Waals surface area (Å²) in [6.07, 6.45) is 1.50. The van der Waals surface area contributed by atoms with Crippen LogP contribution in [-0.4, -0.2) is 15.7 Å². The molecule has 1 aromatic rings. The summed E-state index contributed by atoms with van der Waals surface area (Å²) < 4.78 is 28.6. The van der Waals surface area contributed by atoms with Gasteiger partial charge in [-0.2, -0.15) is 5.10 Å². The third-order valence-corrected chi connectivity index (χ3v) is 3.91. The van der Waals surface area contributed by atoms with Gasteiger partial charge in [-0.05, 0) is 32.6 Å². The third kappa shape index (κ3) is 2.71. The Bertz CT molecular complexity index is 426. The van der Waals surface area contributed by atoms with Crippen molar-refractivity contribution in [1.82, 2.24) is 9.78 Å². The monoisotopic (exact) mass is 257 g/mol. The van der Waals surface area contributed by atoms with E-state index in [0.29, 0.717) is 19.5 Å². The molecule has 2 rings (SSSR count). The molecule has 0 amide bonds. The third-order valence-electron chi connectivity index (χ3n) is 3.91. The largest absolute Gasteiger partial charge is 0.326 e. The zero-order chi connectivity index (χ0) is 13.3. The smallest absolute Gasteiger partial charge is 0.248 e. The summed E-state index contributed by atoms with van der Waals surface area (Å²) in [6.45, 7) is 4.92. The van der Waals surface area contributed by atoms with Crippen LogP contribution in [-0.2, 0) is 13.1 Å². The molecule has 1 saturated carbocycles. The quantitative estimate of drug-likeness (QED) is 0.905. The number of nitrogens with zero attached hydrogens (tertiary/aromatic N) is 2. The van der Waals surface area contributed by atoms with Crippen LogP contribution in [0.15, 0.2) is 0 Å². The van der Waals surface area contributed by atoms with Gasteiger partial charge in [-0.25, -0.2) is 8.78 Å². The van der Waals surface area contributed by atoms with Gasteiger partial charge in [0.05, 0.1) is 5.69 Å². The lowest BCUT2D eigenvalue weighted by Crippen LogP contribution is -2.29. The highest BCUT2D eigenvalue weighted by atomic mass is 19.3. The Kier molecular flexibility index (Phi) is 3.71. The van der Waals surface area contributed by atoms with E-state index in [1.54, 1.807) is 0 Å². The lowest BCUT2D eigenvalue weighted by Gasteiger charge is -2.29. The van der Waals surface area contributed by atoms with Crippen LogP contribution in [0.2, 0.25) is 0 Å². The van der Waals surface area contributed by atoms with Gasteiger partial charge >= 0.3 is 0 Å². The van der Waals surface area contributed by atoms with Gasteiger partial charge in [0, 0.05) is 37.2 Å². The van der Waals surface area contributed by atoms with E-state index in [-0.39, 0.29) is 18.8 Å².